The Morgan fingerprint density at radius 1 is 1.53 bits per heavy atom. The standard InChI is InChI=1S/C9H10ClNOP2S/c1-14(6-11)9(13-12)15-8-4-2-7(10)3-5-8/h2-5,9,12-13H,1H3. The van der Waals surface area contributed by atoms with Gasteiger partial charge in [-0.3, -0.25) is 0 Å². The van der Waals surface area contributed by atoms with E-state index in [0.29, 0.717) is 5.02 Å². The van der Waals surface area contributed by atoms with Crippen molar-refractivity contribution in [1.29, 1.82) is 5.26 Å². The van der Waals surface area contributed by atoms with Crippen molar-refractivity contribution in [3.05, 3.63) is 29.3 Å². The van der Waals surface area contributed by atoms with Crippen LogP contribution in [0.3, 0.4) is 0 Å². The molecule has 0 fully saturated rings. The Morgan fingerprint density at radius 3 is 2.60 bits per heavy atom. The minimum Gasteiger partial charge on any atom is -0.376 e. The van der Waals surface area contributed by atoms with E-state index in [0.717, 1.165) is 4.90 Å². The van der Waals surface area contributed by atoms with Gasteiger partial charge in [0, 0.05) is 26.6 Å². The van der Waals surface area contributed by atoms with Crippen molar-refractivity contribution in [1.82, 2.24) is 0 Å². The van der Waals surface area contributed by atoms with Gasteiger partial charge in [0.25, 0.3) is 0 Å². The fraction of sp³-hybridized carbons (Fsp3) is 0.222. The Morgan fingerprint density at radius 2 is 2.13 bits per heavy atom. The van der Waals surface area contributed by atoms with Crippen molar-refractivity contribution in [3.63, 3.8) is 0 Å². The molecule has 1 rings (SSSR count). The third-order valence-electron chi connectivity index (χ3n) is 1.68. The maximum Gasteiger partial charge on any atom is 0.0885 e. The first-order chi connectivity index (χ1) is 7.17. The zero-order valence-corrected chi connectivity index (χ0v) is 11.5. The van der Waals surface area contributed by atoms with Gasteiger partial charge in [0.15, 0.2) is 0 Å². The van der Waals surface area contributed by atoms with Crippen LogP contribution in [0.1, 0.15) is 0 Å². The van der Waals surface area contributed by atoms with Crippen molar-refractivity contribution >= 4 is 40.1 Å². The minimum atomic E-state index is -0.775. The van der Waals surface area contributed by atoms with Gasteiger partial charge in [-0.25, -0.2) is 0 Å². The topological polar surface area (TPSA) is 44.0 Å². The first-order valence-electron chi connectivity index (χ1n) is 4.12. The lowest BCUT2D eigenvalue weighted by Crippen LogP contribution is -1.89. The van der Waals surface area contributed by atoms with E-state index in [-0.39, 0.29) is 13.5 Å². The van der Waals surface area contributed by atoms with Crippen molar-refractivity contribution in [2.45, 2.75) is 9.63 Å². The summed E-state index contributed by atoms with van der Waals surface area (Å²) >= 11 is 7.31. The summed E-state index contributed by atoms with van der Waals surface area (Å²) in [5, 5.41) is 9.49. The first-order valence-corrected chi connectivity index (χ1v) is 8.26. The summed E-state index contributed by atoms with van der Waals surface area (Å²) in [6, 6.07) is 7.43. The van der Waals surface area contributed by atoms with Crippen LogP contribution < -0.4 is 0 Å². The van der Waals surface area contributed by atoms with E-state index in [1.165, 1.54) is 0 Å². The van der Waals surface area contributed by atoms with Gasteiger partial charge < -0.3 is 4.89 Å². The molecule has 3 atom stereocenters. The summed E-state index contributed by atoms with van der Waals surface area (Å²) in [6.45, 7) is 1.88. The Bertz CT molecular complexity index is 354. The van der Waals surface area contributed by atoms with Gasteiger partial charge in [-0.1, -0.05) is 11.6 Å². The predicted octanol–water partition coefficient (Wildman–Crippen LogP) is 3.89. The molecule has 15 heavy (non-hydrogen) atoms. The van der Waals surface area contributed by atoms with Crippen LogP contribution in [0.2, 0.25) is 5.02 Å². The van der Waals surface area contributed by atoms with E-state index in [1.807, 2.05) is 30.9 Å². The third kappa shape index (κ3) is 4.27. The molecule has 6 heteroatoms. The van der Waals surface area contributed by atoms with E-state index < -0.39 is 7.92 Å². The molecule has 2 nitrogen and oxygen atoms in total. The minimum absolute atomic E-state index is 0.00572. The molecule has 0 amide bonds. The molecule has 0 aliphatic carbocycles. The van der Waals surface area contributed by atoms with Gasteiger partial charge in [0.1, 0.15) is 0 Å². The molecule has 1 N–H and O–H groups in total. The van der Waals surface area contributed by atoms with E-state index in [2.05, 4.69) is 5.81 Å². The number of nitrogens with zero attached hydrogens (tertiary/aromatic N) is 1. The zero-order chi connectivity index (χ0) is 11.3. The van der Waals surface area contributed by atoms with Crippen LogP contribution in [0.25, 0.3) is 0 Å². The van der Waals surface area contributed by atoms with Crippen LogP contribution in [0.4, 0.5) is 0 Å². The van der Waals surface area contributed by atoms with Crippen molar-refractivity contribution in [2.24, 2.45) is 0 Å². The van der Waals surface area contributed by atoms with Crippen LogP contribution in [-0.2, 0) is 0 Å². The molecule has 0 heterocycles. The third-order valence-corrected chi connectivity index (χ3v) is 7.38. The highest BCUT2D eigenvalue weighted by Gasteiger charge is 2.17. The Labute approximate surface area is 102 Å². The highest BCUT2D eigenvalue weighted by molar-refractivity contribution is 8.11. The Kier molecular flexibility index (Phi) is 5.90. The quantitative estimate of drug-likeness (QED) is 0.671. The lowest BCUT2D eigenvalue weighted by molar-refractivity contribution is 0.648. The summed E-state index contributed by atoms with van der Waals surface area (Å²) in [5.41, 5.74) is 0. The maximum absolute atomic E-state index is 9.19. The van der Waals surface area contributed by atoms with Crippen molar-refractivity contribution in [2.75, 3.05) is 6.66 Å². The summed E-state index contributed by atoms with van der Waals surface area (Å²) in [7, 11) is -0.980. The molecule has 0 saturated heterocycles. The molecule has 1 aromatic rings. The Hall–Kier alpha value is 0.170. The highest BCUT2D eigenvalue weighted by atomic mass is 35.5. The highest BCUT2D eigenvalue weighted by Crippen LogP contribution is 2.52. The van der Waals surface area contributed by atoms with Crippen LogP contribution >= 0.6 is 40.1 Å². The lowest BCUT2D eigenvalue weighted by Gasteiger charge is -2.15. The molecular weight excluding hydrogens is 268 g/mol. The van der Waals surface area contributed by atoms with Gasteiger partial charge in [0.05, 0.1) is 10.5 Å². The van der Waals surface area contributed by atoms with Gasteiger partial charge in [0.2, 0.25) is 0 Å². The second kappa shape index (κ2) is 6.69. The number of thioether (sulfide) groups is 1. The summed E-state index contributed by atoms with van der Waals surface area (Å²) in [4.78, 5) is 10.2. The molecule has 0 aliphatic heterocycles. The molecular formula is C9H10ClNOP2S. The molecule has 0 radical (unpaired) electrons. The predicted molar refractivity (Wildman–Crippen MR) is 70.1 cm³/mol. The second-order valence-electron chi connectivity index (χ2n) is 2.76. The summed E-state index contributed by atoms with van der Waals surface area (Å²) in [6.07, 6.45) is 0. The van der Waals surface area contributed by atoms with Crippen LogP contribution in [0.15, 0.2) is 29.2 Å². The van der Waals surface area contributed by atoms with Crippen LogP contribution in [0, 0.1) is 11.1 Å². The molecule has 0 saturated carbocycles. The average Bonchev–Trinajstić information content (AvgIpc) is 2.27. The van der Waals surface area contributed by atoms with E-state index in [9.17, 15) is 4.89 Å². The van der Waals surface area contributed by atoms with Crippen LogP contribution in [0.5, 0.6) is 0 Å². The maximum atomic E-state index is 9.19. The van der Waals surface area contributed by atoms with Crippen molar-refractivity contribution < 1.29 is 4.89 Å². The zero-order valence-electron chi connectivity index (χ0n) is 8.01. The smallest absolute Gasteiger partial charge is 0.0885 e. The van der Waals surface area contributed by atoms with Crippen molar-refractivity contribution in [3.8, 4) is 5.81 Å². The fourth-order valence-electron chi connectivity index (χ4n) is 0.887. The van der Waals surface area contributed by atoms with Gasteiger partial charge in [-0.2, -0.15) is 5.26 Å². The van der Waals surface area contributed by atoms with Gasteiger partial charge >= 0.3 is 0 Å². The number of benzene rings is 1. The number of halogens is 1. The molecule has 80 valence electrons. The monoisotopic (exact) mass is 277 g/mol. The van der Waals surface area contributed by atoms with E-state index in [4.69, 9.17) is 16.9 Å². The second-order valence-corrected chi connectivity index (χ2v) is 8.41. The number of nitriles is 1. The van der Waals surface area contributed by atoms with Gasteiger partial charge in [-0.05, 0) is 30.9 Å². The summed E-state index contributed by atoms with van der Waals surface area (Å²) < 4.78 is 0.00572. The number of hydrogen-bond acceptors (Lipinski definition) is 3. The first kappa shape index (κ1) is 13.2. The SMILES string of the molecule is CP(C#N)C(PO)Sc1ccc(Cl)cc1. The Balaban J connectivity index is 2.67. The van der Waals surface area contributed by atoms with Gasteiger partial charge in [-0.15, -0.1) is 11.8 Å². The average molecular weight is 278 g/mol. The van der Waals surface area contributed by atoms with E-state index in [1.54, 1.807) is 11.8 Å². The molecule has 0 aromatic heterocycles. The molecule has 1 aromatic carbocycles. The summed E-state index contributed by atoms with van der Waals surface area (Å²) in [5.74, 6) is 2.21. The normalized spacial score (nSPS) is 15.1. The molecule has 0 bridgehead atoms. The number of hydrogen-bond donors (Lipinski definition) is 1. The van der Waals surface area contributed by atoms with Crippen LogP contribution in [-0.4, -0.2) is 16.3 Å². The molecule has 0 spiro atoms. The number of rotatable bonds is 4. The lowest BCUT2D eigenvalue weighted by atomic mass is 10.4. The largest absolute Gasteiger partial charge is 0.376 e. The van der Waals surface area contributed by atoms with E-state index >= 15 is 0 Å². The molecule has 0 aliphatic rings. The molecule has 3 unspecified atom stereocenters. The fourth-order valence-corrected chi connectivity index (χ4v) is 4.29.